The zero-order valence-corrected chi connectivity index (χ0v) is 11.6. The summed E-state index contributed by atoms with van der Waals surface area (Å²) in [4.78, 5) is 2.34. The van der Waals surface area contributed by atoms with E-state index in [9.17, 15) is 0 Å². The van der Waals surface area contributed by atoms with Crippen LogP contribution >= 0.6 is 0 Å². The lowest BCUT2D eigenvalue weighted by Gasteiger charge is -2.42. The summed E-state index contributed by atoms with van der Waals surface area (Å²) in [5, 5.41) is 4.21. The van der Waals surface area contributed by atoms with Crippen LogP contribution in [0.25, 0.3) is 0 Å². The molecule has 0 radical (unpaired) electrons. The first-order chi connectivity index (χ1) is 8.56. The summed E-state index contributed by atoms with van der Waals surface area (Å²) in [6.07, 6.45) is 5.07. The predicted octanol–water partition coefficient (Wildman–Crippen LogP) is 0.606. The van der Waals surface area contributed by atoms with E-state index in [0.717, 1.165) is 26.2 Å². The maximum Gasteiger partial charge on any atom is 0.0534 e. The third-order valence-electron chi connectivity index (χ3n) is 4.27. The van der Waals surface area contributed by atoms with Crippen molar-refractivity contribution in [3.8, 4) is 0 Å². The number of hydrogen-bond donors (Lipinski definition) is 1. The highest BCUT2D eigenvalue weighted by Gasteiger charge is 2.38. The molecule has 2 atom stereocenters. The molecule has 102 valence electrons. The maximum absolute atomic E-state index is 6.03. The van der Waals surface area contributed by atoms with Gasteiger partial charge in [-0.3, -0.25) is 9.58 Å². The first-order valence-corrected chi connectivity index (χ1v) is 6.53. The highest BCUT2D eigenvalue weighted by Crippen LogP contribution is 2.30. The van der Waals surface area contributed by atoms with Gasteiger partial charge in [-0.25, -0.2) is 0 Å². The van der Waals surface area contributed by atoms with Gasteiger partial charge in [-0.05, 0) is 20.4 Å². The summed E-state index contributed by atoms with van der Waals surface area (Å²) in [5.74, 6) is 0.518. The Morgan fingerprint density at radius 2 is 2.44 bits per heavy atom. The number of aryl methyl sites for hydroxylation is 1. The molecule has 1 fully saturated rings. The van der Waals surface area contributed by atoms with Crippen LogP contribution in [0.1, 0.15) is 18.9 Å². The standard InChI is InChI=1S/C13H24N4O/c1-13(10-14,12-4-5-18-9-12)16(2)7-11-6-15-17(3)8-11/h6,8,12H,4-5,7,9-10,14H2,1-3H3. The Balaban J connectivity index is 2.06. The summed E-state index contributed by atoms with van der Waals surface area (Å²) in [7, 11) is 4.08. The average Bonchev–Trinajstić information content (AvgIpc) is 2.99. The molecule has 0 spiro atoms. The van der Waals surface area contributed by atoms with Gasteiger partial charge in [0, 0.05) is 50.0 Å². The molecule has 2 heterocycles. The summed E-state index contributed by atoms with van der Waals surface area (Å²) in [6.45, 7) is 5.45. The molecular formula is C13H24N4O. The quantitative estimate of drug-likeness (QED) is 0.834. The minimum Gasteiger partial charge on any atom is -0.381 e. The van der Waals surface area contributed by atoms with E-state index in [1.54, 1.807) is 0 Å². The molecule has 1 aliphatic heterocycles. The molecule has 1 saturated heterocycles. The fourth-order valence-electron chi connectivity index (χ4n) is 2.67. The molecule has 0 aromatic carbocycles. The van der Waals surface area contributed by atoms with E-state index in [4.69, 9.17) is 10.5 Å². The third-order valence-corrected chi connectivity index (χ3v) is 4.27. The molecule has 0 saturated carbocycles. The van der Waals surface area contributed by atoms with Gasteiger partial charge in [-0.15, -0.1) is 0 Å². The minimum absolute atomic E-state index is 0.00760. The molecular weight excluding hydrogens is 228 g/mol. The molecule has 2 N–H and O–H groups in total. The van der Waals surface area contributed by atoms with Crippen LogP contribution in [0.4, 0.5) is 0 Å². The van der Waals surface area contributed by atoms with Crippen LogP contribution in [-0.4, -0.2) is 47.0 Å². The molecule has 5 heteroatoms. The number of nitrogens with two attached hydrogens (primary N) is 1. The highest BCUT2D eigenvalue weighted by molar-refractivity contribution is 5.05. The fraction of sp³-hybridized carbons (Fsp3) is 0.769. The van der Waals surface area contributed by atoms with Crippen LogP contribution in [0, 0.1) is 5.92 Å². The monoisotopic (exact) mass is 252 g/mol. The fourth-order valence-corrected chi connectivity index (χ4v) is 2.67. The van der Waals surface area contributed by atoms with Gasteiger partial charge in [0.1, 0.15) is 0 Å². The van der Waals surface area contributed by atoms with E-state index in [0.29, 0.717) is 12.5 Å². The second kappa shape index (κ2) is 5.38. The van der Waals surface area contributed by atoms with E-state index in [2.05, 4.69) is 30.2 Å². The van der Waals surface area contributed by atoms with Crippen LogP contribution in [0.2, 0.25) is 0 Å². The smallest absolute Gasteiger partial charge is 0.0534 e. The van der Waals surface area contributed by atoms with Crippen molar-refractivity contribution in [1.82, 2.24) is 14.7 Å². The van der Waals surface area contributed by atoms with Crippen molar-refractivity contribution < 1.29 is 4.74 Å². The van der Waals surface area contributed by atoms with Crippen molar-refractivity contribution in [1.29, 1.82) is 0 Å². The molecule has 1 aromatic rings. The second-order valence-electron chi connectivity index (χ2n) is 5.50. The van der Waals surface area contributed by atoms with Crippen molar-refractivity contribution in [2.45, 2.75) is 25.4 Å². The number of rotatable bonds is 5. The van der Waals surface area contributed by atoms with Crippen molar-refractivity contribution >= 4 is 0 Å². The Morgan fingerprint density at radius 3 is 2.94 bits per heavy atom. The molecule has 1 aliphatic rings. The van der Waals surface area contributed by atoms with Crippen LogP contribution in [0.5, 0.6) is 0 Å². The number of aromatic nitrogens is 2. The molecule has 5 nitrogen and oxygen atoms in total. The topological polar surface area (TPSA) is 56.3 Å². The van der Waals surface area contributed by atoms with Gasteiger partial charge < -0.3 is 10.5 Å². The van der Waals surface area contributed by atoms with Crippen molar-refractivity contribution in [3.05, 3.63) is 18.0 Å². The van der Waals surface area contributed by atoms with Crippen LogP contribution in [-0.2, 0) is 18.3 Å². The van der Waals surface area contributed by atoms with Gasteiger partial charge in [0.2, 0.25) is 0 Å². The lowest BCUT2D eigenvalue weighted by molar-refractivity contribution is 0.0609. The molecule has 0 amide bonds. The van der Waals surface area contributed by atoms with Crippen LogP contribution in [0.3, 0.4) is 0 Å². The Bertz CT molecular complexity index is 386. The molecule has 2 unspecified atom stereocenters. The summed E-state index contributed by atoms with van der Waals surface area (Å²) >= 11 is 0. The average molecular weight is 252 g/mol. The summed E-state index contributed by atoms with van der Waals surface area (Å²) in [6, 6.07) is 0. The SMILES string of the molecule is CN(Cc1cnn(C)c1)C(C)(CN)C1CCOC1. The molecule has 2 rings (SSSR count). The Labute approximate surface area is 109 Å². The predicted molar refractivity (Wildman–Crippen MR) is 71.1 cm³/mol. The number of ether oxygens (including phenoxy) is 1. The molecule has 1 aromatic heterocycles. The summed E-state index contributed by atoms with van der Waals surface area (Å²) in [5.41, 5.74) is 7.24. The first-order valence-electron chi connectivity index (χ1n) is 6.53. The molecule has 0 bridgehead atoms. The second-order valence-corrected chi connectivity index (χ2v) is 5.50. The van der Waals surface area contributed by atoms with E-state index in [-0.39, 0.29) is 5.54 Å². The third kappa shape index (κ3) is 2.58. The van der Waals surface area contributed by atoms with E-state index >= 15 is 0 Å². The van der Waals surface area contributed by atoms with E-state index in [1.165, 1.54) is 5.56 Å². The normalized spacial score (nSPS) is 23.5. The zero-order chi connectivity index (χ0) is 13.2. The van der Waals surface area contributed by atoms with Gasteiger partial charge in [0.25, 0.3) is 0 Å². The highest BCUT2D eigenvalue weighted by atomic mass is 16.5. The van der Waals surface area contributed by atoms with E-state index < -0.39 is 0 Å². The minimum atomic E-state index is -0.00760. The van der Waals surface area contributed by atoms with Gasteiger partial charge >= 0.3 is 0 Å². The number of likely N-dealkylation sites (N-methyl/N-ethyl adjacent to an activating group) is 1. The number of nitrogens with zero attached hydrogens (tertiary/aromatic N) is 3. The zero-order valence-electron chi connectivity index (χ0n) is 11.6. The van der Waals surface area contributed by atoms with Crippen molar-refractivity contribution in [3.63, 3.8) is 0 Å². The summed E-state index contributed by atoms with van der Waals surface area (Å²) < 4.78 is 7.35. The lowest BCUT2D eigenvalue weighted by Crippen LogP contribution is -2.54. The Morgan fingerprint density at radius 1 is 1.67 bits per heavy atom. The van der Waals surface area contributed by atoms with Gasteiger partial charge in [-0.2, -0.15) is 5.10 Å². The van der Waals surface area contributed by atoms with Gasteiger partial charge in [0.15, 0.2) is 0 Å². The largest absolute Gasteiger partial charge is 0.381 e. The van der Waals surface area contributed by atoms with Crippen molar-refractivity contribution in [2.75, 3.05) is 26.8 Å². The Hall–Kier alpha value is -0.910. The Kier molecular flexibility index (Phi) is 4.04. The first kappa shape index (κ1) is 13.5. The van der Waals surface area contributed by atoms with Crippen LogP contribution < -0.4 is 5.73 Å². The van der Waals surface area contributed by atoms with Crippen molar-refractivity contribution in [2.24, 2.45) is 18.7 Å². The molecule has 0 aliphatic carbocycles. The van der Waals surface area contributed by atoms with Crippen LogP contribution in [0.15, 0.2) is 12.4 Å². The van der Waals surface area contributed by atoms with Gasteiger partial charge in [0.05, 0.1) is 12.8 Å². The molecule has 18 heavy (non-hydrogen) atoms. The lowest BCUT2D eigenvalue weighted by atomic mass is 9.83. The van der Waals surface area contributed by atoms with E-state index in [1.807, 2.05) is 17.9 Å². The number of hydrogen-bond acceptors (Lipinski definition) is 4. The maximum atomic E-state index is 6.03. The van der Waals surface area contributed by atoms with Gasteiger partial charge in [-0.1, -0.05) is 0 Å².